The van der Waals surface area contributed by atoms with Crippen LogP contribution in [0.15, 0.2) is 24.3 Å². The standard InChI is InChI=1S/C13H13F3N2O/c14-13(15,16)12(5-7-18-8-6-12)19-11-4-2-1-3-10(11)9-17/h1-4,18H,5-8H2. The van der Waals surface area contributed by atoms with E-state index in [1.54, 1.807) is 12.1 Å². The fourth-order valence-corrected chi connectivity index (χ4v) is 2.13. The molecule has 1 aromatic carbocycles. The van der Waals surface area contributed by atoms with Gasteiger partial charge in [-0.25, -0.2) is 0 Å². The van der Waals surface area contributed by atoms with Gasteiger partial charge in [0, 0.05) is 12.8 Å². The van der Waals surface area contributed by atoms with Gasteiger partial charge < -0.3 is 10.1 Å². The molecule has 0 amide bonds. The maximum absolute atomic E-state index is 13.3. The number of nitrogens with zero attached hydrogens (tertiary/aromatic N) is 1. The first-order valence-corrected chi connectivity index (χ1v) is 5.94. The molecular formula is C13H13F3N2O. The van der Waals surface area contributed by atoms with Gasteiger partial charge in [0.05, 0.1) is 5.56 Å². The number of alkyl halides is 3. The van der Waals surface area contributed by atoms with Crippen LogP contribution in [0.5, 0.6) is 5.75 Å². The van der Waals surface area contributed by atoms with Gasteiger partial charge in [-0.2, -0.15) is 18.4 Å². The predicted octanol–water partition coefficient (Wildman–Crippen LogP) is 2.62. The van der Waals surface area contributed by atoms with Crippen molar-refractivity contribution in [1.29, 1.82) is 5.26 Å². The SMILES string of the molecule is N#Cc1ccccc1OC1(C(F)(F)F)CCNCC1. The molecule has 6 heteroatoms. The Morgan fingerprint density at radius 3 is 2.42 bits per heavy atom. The lowest BCUT2D eigenvalue weighted by atomic mass is 9.91. The number of nitrogens with one attached hydrogen (secondary N) is 1. The van der Waals surface area contributed by atoms with Crippen molar-refractivity contribution in [3.8, 4) is 11.8 Å². The minimum absolute atomic E-state index is 0.00998. The lowest BCUT2D eigenvalue weighted by Crippen LogP contribution is -2.56. The molecule has 2 rings (SSSR count). The summed E-state index contributed by atoms with van der Waals surface area (Å²) in [4.78, 5) is 0. The molecule has 1 heterocycles. The second-order valence-electron chi connectivity index (χ2n) is 4.45. The van der Waals surface area contributed by atoms with Crippen molar-refractivity contribution in [1.82, 2.24) is 5.32 Å². The molecule has 0 atom stereocenters. The molecule has 1 fully saturated rings. The summed E-state index contributed by atoms with van der Waals surface area (Å²) in [6.07, 6.45) is -4.77. The lowest BCUT2D eigenvalue weighted by Gasteiger charge is -2.39. The molecule has 1 N–H and O–H groups in total. The highest BCUT2D eigenvalue weighted by molar-refractivity contribution is 5.43. The Morgan fingerprint density at radius 2 is 1.84 bits per heavy atom. The van der Waals surface area contributed by atoms with Crippen molar-refractivity contribution in [3.63, 3.8) is 0 Å². The summed E-state index contributed by atoms with van der Waals surface area (Å²) in [6, 6.07) is 7.84. The third kappa shape index (κ3) is 2.66. The number of ether oxygens (including phenoxy) is 1. The number of benzene rings is 1. The normalized spacial score (nSPS) is 18.6. The summed E-state index contributed by atoms with van der Waals surface area (Å²) in [5, 5.41) is 11.8. The zero-order chi connectivity index (χ0) is 13.9. The molecule has 1 saturated heterocycles. The maximum atomic E-state index is 13.3. The Labute approximate surface area is 109 Å². The summed E-state index contributed by atoms with van der Waals surface area (Å²) in [5.74, 6) is -0.00998. The van der Waals surface area contributed by atoms with Crippen molar-refractivity contribution in [2.45, 2.75) is 24.6 Å². The molecule has 0 aromatic heterocycles. The number of hydrogen-bond donors (Lipinski definition) is 1. The molecule has 0 unspecified atom stereocenters. The van der Waals surface area contributed by atoms with Gasteiger partial charge in [0.2, 0.25) is 5.60 Å². The smallest absolute Gasteiger partial charge is 0.428 e. The number of halogens is 3. The Bertz CT molecular complexity index is 487. The minimum atomic E-state index is -4.46. The van der Waals surface area contributed by atoms with Gasteiger partial charge in [-0.05, 0) is 25.2 Å². The van der Waals surface area contributed by atoms with Crippen molar-refractivity contribution in [2.24, 2.45) is 0 Å². The van der Waals surface area contributed by atoms with Gasteiger partial charge in [-0.3, -0.25) is 0 Å². The number of nitriles is 1. The summed E-state index contributed by atoms with van der Waals surface area (Å²) in [7, 11) is 0. The van der Waals surface area contributed by atoms with Crippen LogP contribution in [0.4, 0.5) is 13.2 Å². The first kappa shape index (κ1) is 13.7. The molecule has 0 saturated carbocycles. The van der Waals surface area contributed by atoms with E-state index in [0.717, 1.165) is 0 Å². The largest absolute Gasteiger partial charge is 0.476 e. The quantitative estimate of drug-likeness (QED) is 0.898. The molecule has 0 radical (unpaired) electrons. The van der Waals surface area contributed by atoms with E-state index in [2.05, 4.69) is 5.32 Å². The number of piperidine rings is 1. The predicted molar refractivity (Wildman–Crippen MR) is 62.7 cm³/mol. The first-order valence-electron chi connectivity index (χ1n) is 5.94. The molecule has 1 aliphatic rings. The summed E-state index contributed by atoms with van der Waals surface area (Å²) in [5.41, 5.74) is -2.09. The first-order chi connectivity index (χ1) is 8.98. The second kappa shape index (κ2) is 5.10. The van der Waals surface area contributed by atoms with Crippen molar-refractivity contribution < 1.29 is 17.9 Å². The Morgan fingerprint density at radius 1 is 1.21 bits per heavy atom. The molecule has 19 heavy (non-hydrogen) atoms. The van der Waals surface area contributed by atoms with Gasteiger partial charge in [0.1, 0.15) is 11.8 Å². The van der Waals surface area contributed by atoms with Crippen LogP contribution in [-0.4, -0.2) is 24.9 Å². The van der Waals surface area contributed by atoms with E-state index in [1.807, 2.05) is 6.07 Å². The number of hydrogen-bond acceptors (Lipinski definition) is 3. The van der Waals surface area contributed by atoms with Crippen molar-refractivity contribution in [3.05, 3.63) is 29.8 Å². The van der Waals surface area contributed by atoms with E-state index in [4.69, 9.17) is 10.00 Å². The molecule has 1 aliphatic heterocycles. The third-order valence-electron chi connectivity index (χ3n) is 3.24. The molecular weight excluding hydrogens is 257 g/mol. The van der Waals surface area contributed by atoms with Gasteiger partial charge in [-0.15, -0.1) is 0 Å². The van der Waals surface area contributed by atoms with Gasteiger partial charge in [0.25, 0.3) is 0 Å². The van der Waals surface area contributed by atoms with Crippen LogP contribution in [-0.2, 0) is 0 Å². The second-order valence-corrected chi connectivity index (χ2v) is 4.45. The minimum Gasteiger partial charge on any atom is -0.476 e. The highest BCUT2D eigenvalue weighted by Gasteiger charge is 2.57. The third-order valence-corrected chi connectivity index (χ3v) is 3.24. The van der Waals surface area contributed by atoms with Crippen LogP contribution in [0.25, 0.3) is 0 Å². The summed E-state index contributed by atoms with van der Waals surface area (Å²) < 4.78 is 45.1. The van der Waals surface area contributed by atoms with Crippen LogP contribution >= 0.6 is 0 Å². The van der Waals surface area contributed by atoms with Crippen LogP contribution in [0.1, 0.15) is 18.4 Å². The Hall–Kier alpha value is -1.74. The summed E-state index contributed by atoms with van der Waals surface area (Å²) in [6.45, 7) is 0.489. The average molecular weight is 270 g/mol. The van der Waals surface area contributed by atoms with Crippen LogP contribution < -0.4 is 10.1 Å². The van der Waals surface area contributed by atoms with Crippen molar-refractivity contribution in [2.75, 3.05) is 13.1 Å². The van der Waals surface area contributed by atoms with Crippen molar-refractivity contribution >= 4 is 0 Å². The fourth-order valence-electron chi connectivity index (χ4n) is 2.13. The van der Waals surface area contributed by atoms with E-state index in [1.165, 1.54) is 12.1 Å². The monoisotopic (exact) mass is 270 g/mol. The highest BCUT2D eigenvalue weighted by atomic mass is 19.4. The Balaban J connectivity index is 2.34. The molecule has 0 bridgehead atoms. The summed E-state index contributed by atoms with van der Waals surface area (Å²) >= 11 is 0. The molecule has 1 aromatic rings. The van der Waals surface area contributed by atoms with Gasteiger partial charge in [0.15, 0.2) is 0 Å². The zero-order valence-electron chi connectivity index (χ0n) is 10.1. The number of para-hydroxylation sites is 1. The molecule has 3 nitrogen and oxygen atoms in total. The van der Waals surface area contributed by atoms with E-state index >= 15 is 0 Å². The van der Waals surface area contributed by atoms with E-state index in [0.29, 0.717) is 0 Å². The number of rotatable bonds is 2. The molecule has 102 valence electrons. The van der Waals surface area contributed by atoms with E-state index in [9.17, 15) is 13.2 Å². The Kier molecular flexibility index (Phi) is 3.67. The fraction of sp³-hybridized carbons (Fsp3) is 0.462. The van der Waals surface area contributed by atoms with Crippen LogP contribution in [0, 0.1) is 11.3 Å². The van der Waals surface area contributed by atoms with Crippen LogP contribution in [0.3, 0.4) is 0 Å². The molecule has 0 aliphatic carbocycles. The topological polar surface area (TPSA) is 45.0 Å². The average Bonchev–Trinajstić information content (AvgIpc) is 2.39. The maximum Gasteiger partial charge on any atom is 0.428 e. The lowest BCUT2D eigenvalue weighted by molar-refractivity contribution is -0.256. The molecule has 0 spiro atoms. The van der Waals surface area contributed by atoms with E-state index in [-0.39, 0.29) is 37.2 Å². The van der Waals surface area contributed by atoms with Crippen LogP contribution in [0.2, 0.25) is 0 Å². The van der Waals surface area contributed by atoms with E-state index < -0.39 is 11.8 Å². The zero-order valence-corrected chi connectivity index (χ0v) is 10.1. The van der Waals surface area contributed by atoms with Gasteiger partial charge >= 0.3 is 6.18 Å². The van der Waals surface area contributed by atoms with Gasteiger partial charge in [-0.1, -0.05) is 12.1 Å². The highest BCUT2D eigenvalue weighted by Crippen LogP contribution is 2.41.